The van der Waals surface area contributed by atoms with Crippen molar-refractivity contribution in [3.05, 3.63) is 36.1 Å². The van der Waals surface area contributed by atoms with Crippen LogP contribution in [0.5, 0.6) is 0 Å². The summed E-state index contributed by atoms with van der Waals surface area (Å²) in [4.78, 5) is 9.89. The van der Waals surface area contributed by atoms with Gasteiger partial charge in [0.05, 0.1) is 0 Å². The summed E-state index contributed by atoms with van der Waals surface area (Å²) >= 11 is 0. The zero-order chi connectivity index (χ0) is 7.40. The van der Waals surface area contributed by atoms with E-state index in [1.54, 1.807) is 6.08 Å². The third-order valence-electron chi connectivity index (χ3n) is 1.27. The van der Waals surface area contributed by atoms with Crippen molar-refractivity contribution in [3.63, 3.8) is 0 Å². The zero-order valence-corrected chi connectivity index (χ0v) is 5.54. The molecule has 0 aliphatic heterocycles. The lowest BCUT2D eigenvalue weighted by atomic mass is 10.1. The van der Waals surface area contributed by atoms with Crippen molar-refractivity contribution in [1.82, 2.24) is 0 Å². The Morgan fingerprint density at radius 3 is 3.10 bits per heavy atom. The minimum atomic E-state index is 0.413. The quantitative estimate of drug-likeness (QED) is 0.538. The molecule has 0 saturated heterocycles. The SMILES string of the molecule is C=C1CC=CC=C1OC=O. The van der Waals surface area contributed by atoms with Crippen LogP contribution in [0.15, 0.2) is 36.1 Å². The molecule has 0 bridgehead atoms. The lowest BCUT2D eigenvalue weighted by molar-refractivity contribution is -0.124. The second-order valence-electron chi connectivity index (χ2n) is 1.98. The molecule has 0 radical (unpaired) electrons. The Hall–Kier alpha value is -1.31. The van der Waals surface area contributed by atoms with E-state index in [9.17, 15) is 4.79 Å². The Balaban J connectivity index is 2.70. The third kappa shape index (κ3) is 1.35. The molecule has 0 fully saturated rings. The van der Waals surface area contributed by atoms with Crippen molar-refractivity contribution < 1.29 is 9.53 Å². The maximum absolute atomic E-state index is 9.89. The molecule has 0 aromatic heterocycles. The number of carbonyl (C=O) groups excluding carboxylic acids is 1. The fourth-order valence-corrected chi connectivity index (χ4v) is 0.759. The van der Waals surface area contributed by atoms with Gasteiger partial charge in [-0.05, 0) is 18.1 Å². The molecular weight excluding hydrogens is 128 g/mol. The summed E-state index contributed by atoms with van der Waals surface area (Å²) in [5.74, 6) is 0.567. The molecule has 1 rings (SSSR count). The molecule has 0 spiro atoms. The summed E-state index contributed by atoms with van der Waals surface area (Å²) in [5, 5.41) is 0. The van der Waals surface area contributed by atoms with E-state index in [1.165, 1.54) is 0 Å². The first-order valence-electron chi connectivity index (χ1n) is 3.00. The summed E-state index contributed by atoms with van der Waals surface area (Å²) in [6.45, 7) is 4.12. The average molecular weight is 136 g/mol. The smallest absolute Gasteiger partial charge is 0.298 e. The Kier molecular flexibility index (Phi) is 2.05. The molecule has 0 amide bonds. The van der Waals surface area contributed by atoms with E-state index in [0.29, 0.717) is 12.2 Å². The van der Waals surface area contributed by atoms with Crippen molar-refractivity contribution in [2.75, 3.05) is 0 Å². The topological polar surface area (TPSA) is 26.3 Å². The minimum absolute atomic E-state index is 0.413. The first-order chi connectivity index (χ1) is 4.84. The first kappa shape index (κ1) is 6.81. The highest BCUT2D eigenvalue weighted by atomic mass is 16.5. The summed E-state index contributed by atoms with van der Waals surface area (Å²) in [5.41, 5.74) is 0.842. The van der Waals surface area contributed by atoms with E-state index in [4.69, 9.17) is 0 Å². The van der Waals surface area contributed by atoms with Crippen molar-refractivity contribution in [1.29, 1.82) is 0 Å². The van der Waals surface area contributed by atoms with Gasteiger partial charge < -0.3 is 4.74 Å². The Morgan fingerprint density at radius 1 is 1.70 bits per heavy atom. The number of carbonyl (C=O) groups is 1. The van der Waals surface area contributed by atoms with Crippen LogP contribution in [0, 0.1) is 0 Å². The molecule has 0 aromatic rings. The molecule has 0 N–H and O–H groups in total. The lowest BCUT2D eigenvalue weighted by Crippen LogP contribution is -1.95. The van der Waals surface area contributed by atoms with Crippen LogP contribution >= 0.6 is 0 Å². The van der Waals surface area contributed by atoms with E-state index in [1.807, 2.05) is 12.2 Å². The highest BCUT2D eigenvalue weighted by molar-refractivity contribution is 5.45. The van der Waals surface area contributed by atoms with Gasteiger partial charge in [0.25, 0.3) is 6.47 Å². The van der Waals surface area contributed by atoms with Gasteiger partial charge in [0, 0.05) is 0 Å². The van der Waals surface area contributed by atoms with E-state index >= 15 is 0 Å². The number of allylic oxidation sites excluding steroid dienone is 4. The highest BCUT2D eigenvalue weighted by Gasteiger charge is 2.03. The Bertz CT molecular complexity index is 211. The van der Waals surface area contributed by atoms with Crippen LogP contribution in [0.1, 0.15) is 6.42 Å². The van der Waals surface area contributed by atoms with Gasteiger partial charge in [0.1, 0.15) is 5.76 Å². The number of hydrogen-bond donors (Lipinski definition) is 0. The van der Waals surface area contributed by atoms with Crippen LogP contribution in [0.3, 0.4) is 0 Å². The first-order valence-corrected chi connectivity index (χ1v) is 3.00. The number of hydrogen-bond acceptors (Lipinski definition) is 2. The van der Waals surface area contributed by atoms with Crippen LogP contribution in [0.25, 0.3) is 0 Å². The summed E-state index contributed by atoms with van der Waals surface area (Å²) in [6, 6.07) is 0. The zero-order valence-electron chi connectivity index (χ0n) is 5.54. The fraction of sp³-hybridized carbons (Fsp3) is 0.125. The summed E-state index contributed by atoms with van der Waals surface area (Å²) < 4.78 is 4.62. The molecule has 0 atom stereocenters. The van der Waals surface area contributed by atoms with Gasteiger partial charge in [-0.3, -0.25) is 4.79 Å². The second-order valence-corrected chi connectivity index (χ2v) is 1.98. The van der Waals surface area contributed by atoms with Gasteiger partial charge in [-0.1, -0.05) is 18.7 Å². The maximum Gasteiger partial charge on any atom is 0.298 e. The molecule has 0 aromatic carbocycles. The van der Waals surface area contributed by atoms with Crippen LogP contribution in [-0.2, 0) is 9.53 Å². The minimum Gasteiger partial charge on any atom is -0.428 e. The van der Waals surface area contributed by atoms with Gasteiger partial charge in [-0.25, -0.2) is 0 Å². The molecule has 1 aliphatic rings. The molecule has 1 aliphatic carbocycles. The van der Waals surface area contributed by atoms with Gasteiger partial charge >= 0.3 is 0 Å². The van der Waals surface area contributed by atoms with E-state index in [0.717, 1.165) is 12.0 Å². The predicted octanol–water partition coefficient (Wildman–Crippen LogP) is 1.56. The van der Waals surface area contributed by atoms with Crippen LogP contribution in [-0.4, -0.2) is 6.47 Å². The Morgan fingerprint density at radius 2 is 2.50 bits per heavy atom. The molecule has 10 heavy (non-hydrogen) atoms. The van der Waals surface area contributed by atoms with Crippen molar-refractivity contribution >= 4 is 6.47 Å². The molecule has 2 heteroatoms. The maximum atomic E-state index is 9.89. The molecule has 2 nitrogen and oxygen atoms in total. The molecule has 0 saturated carbocycles. The monoisotopic (exact) mass is 136 g/mol. The second kappa shape index (κ2) is 3.01. The largest absolute Gasteiger partial charge is 0.428 e. The van der Waals surface area contributed by atoms with Gasteiger partial charge in [0.15, 0.2) is 0 Å². The third-order valence-corrected chi connectivity index (χ3v) is 1.27. The standard InChI is InChI=1S/C8H8O2/c1-7-4-2-3-5-8(7)10-6-9/h2-3,5-6H,1,4H2. The van der Waals surface area contributed by atoms with Gasteiger partial charge in [-0.15, -0.1) is 0 Å². The van der Waals surface area contributed by atoms with E-state index in [-0.39, 0.29) is 0 Å². The summed E-state index contributed by atoms with van der Waals surface area (Å²) in [6.07, 6.45) is 6.29. The van der Waals surface area contributed by atoms with Crippen LogP contribution in [0.2, 0.25) is 0 Å². The normalized spacial score (nSPS) is 16.4. The van der Waals surface area contributed by atoms with Crippen molar-refractivity contribution in [2.24, 2.45) is 0 Å². The fourth-order valence-electron chi connectivity index (χ4n) is 0.759. The molecule has 0 heterocycles. The average Bonchev–Trinajstić information content (AvgIpc) is 1.94. The molecule has 52 valence electrons. The highest BCUT2D eigenvalue weighted by Crippen LogP contribution is 2.17. The van der Waals surface area contributed by atoms with Crippen LogP contribution in [0.4, 0.5) is 0 Å². The lowest BCUT2D eigenvalue weighted by Gasteiger charge is -2.07. The number of ether oxygens (including phenoxy) is 1. The Labute approximate surface area is 59.5 Å². The van der Waals surface area contributed by atoms with Crippen molar-refractivity contribution in [2.45, 2.75) is 6.42 Å². The molecule has 0 unspecified atom stereocenters. The van der Waals surface area contributed by atoms with Gasteiger partial charge in [0.2, 0.25) is 0 Å². The molecular formula is C8H8O2. The van der Waals surface area contributed by atoms with Crippen LogP contribution < -0.4 is 0 Å². The van der Waals surface area contributed by atoms with E-state index < -0.39 is 0 Å². The summed E-state index contributed by atoms with van der Waals surface area (Å²) in [7, 11) is 0. The van der Waals surface area contributed by atoms with Gasteiger partial charge in [-0.2, -0.15) is 0 Å². The number of rotatable bonds is 2. The van der Waals surface area contributed by atoms with Crippen molar-refractivity contribution in [3.8, 4) is 0 Å². The predicted molar refractivity (Wildman–Crippen MR) is 38.1 cm³/mol. The van der Waals surface area contributed by atoms with E-state index in [2.05, 4.69) is 11.3 Å².